The van der Waals surface area contributed by atoms with Gasteiger partial charge in [-0.1, -0.05) is 6.07 Å². The molecule has 0 saturated heterocycles. The van der Waals surface area contributed by atoms with Crippen molar-refractivity contribution in [3.8, 4) is 11.8 Å². The highest BCUT2D eigenvalue weighted by Crippen LogP contribution is 2.25. The van der Waals surface area contributed by atoms with Gasteiger partial charge in [0.2, 0.25) is 5.95 Å². The smallest absolute Gasteiger partial charge is 0.267 e. The van der Waals surface area contributed by atoms with Crippen LogP contribution in [0.3, 0.4) is 0 Å². The minimum Gasteiger partial charge on any atom is -0.495 e. The van der Waals surface area contributed by atoms with E-state index in [1.54, 1.807) is 30.6 Å². The summed E-state index contributed by atoms with van der Waals surface area (Å²) in [5, 5.41) is 14.5. The zero-order valence-corrected chi connectivity index (χ0v) is 12.7. The average molecular weight is 309 g/mol. The molecule has 1 aromatic heterocycles. The number of nitrogens with one attached hydrogen (secondary N) is 2. The average Bonchev–Trinajstić information content (AvgIpc) is 2.56. The van der Waals surface area contributed by atoms with Crippen LogP contribution in [0.5, 0.6) is 5.75 Å². The fourth-order valence-corrected chi connectivity index (χ4v) is 1.77. The molecule has 0 bridgehead atoms. The van der Waals surface area contributed by atoms with Gasteiger partial charge >= 0.3 is 0 Å². The first-order chi connectivity index (χ1) is 11.1. The summed E-state index contributed by atoms with van der Waals surface area (Å²) in [5.41, 5.74) is 1.34. The number of ether oxygens (including phenoxy) is 1. The van der Waals surface area contributed by atoms with E-state index in [4.69, 9.17) is 10.00 Å². The van der Waals surface area contributed by atoms with Gasteiger partial charge in [-0.15, -0.1) is 0 Å². The molecule has 0 saturated carbocycles. The fourth-order valence-electron chi connectivity index (χ4n) is 1.77. The van der Waals surface area contributed by atoms with Gasteiger partial charge in [0.25, 0.3) is 5.91 Å². The quantitative estimate of drug-likeness (QED) is 0.649. The van der Waals surface area contributed by atoms with Gasteiger partial charge in [-0.05, 0) is 30.7 Å². The minimum absolute atomic E-state index is 0.110. The highest BCUT2D eigenvalue weighted by atomic mass is 16.5. The van der Waals surface area contributed by atoms with Crippen molar-refractivity contribution in [1.82, 2.24) is 9.97 Å². The Hall–Kier alpha value is -3.40. The predicted octanol–water partition coefficient (Wildman–Crippen LogP) is 2.25. The number of hydrogen-bond donors (Lipinski definition) is 2. The van der Waals surface area contributed by atoms with Gasteiger partial charge in [0, 0.05) is 18.6 Å². The predicted molar refractivity (Wildman–Crippen MR) is 85.7 cm³/mol. The summed E-state index contributed by atoms with van der Waals surface area (Å²) in [6.45, 7) is 1.89. The van der Waals surface area contributed by atoms with E-state index in [9.17, 15) is 4.79 Å². The molecule has 0 aliphatic carbocycles. The molecule has 23 heavy (non-hydrogen) atoms. The van der Waals surface area contributed by atoms with Crippen molar-refractivity contribution in [2.45, 2.75) is 6.92 Å². The second kappa shape index (κ2) is 7.56. The molecule has 0 radical (unpaired) electrons. The maximum atomic E-state index is 12.2. The fraction of sp³-hybridized carbons (Fsp3) is 0.125. The van der Waals surface area contributed by atoms with E-state index in [0.29, 0.717) is 17.4 Å². The second-order valence-corrected chi connectivity index (χ2v) is 4.54. The number of methoxy groups -OCH3 is 1. The number of benzene rings is 1. The molecule has 0 atom stereocenters. The summed E-state index contributed by atoms with van der Waals surface area (Å²) < 4.78 is 5.19. The molecule has 7 nitrogen and oxygen atoms in total. The summed E-state index contributed by atoms with van der Waals surface area (Å²) in [5.74, 6) is 0.251. The SMILES string of the molecule is COc1ccc(C)cc1NC(=O)/C(C#N)=C\Nc1ncccn1. The van der Waals surface area contributed by atoms with E-state index in [1.165, 1.54) is 13.3 Å². The van der Waals surface area contributed by atoms with Crippen LogP contribution in [0.2, 0.25) is 0 Å². The Balaban J connectivity index is 2.15. The molecule has 2 N–H and O–H groups in total. The van der Waals surface area contributed by atoms with Crippen molar-refractivity contribution in [3.05, 3.63) is 54.0 Å². The molecule has 1 aromatic carbocycles. The van der Waals surface area contributed by atoms with E-state index < -0.39 is 5.91 Å². The molecule has 2 rings (SSSR count). The van der Waals surface area contributed by atoms with Crippen LogP contribution >= 0.6 is 0 Å². The highest BCUT2D eigenvalue weighted by molar-refractivity contribution is 6.07. The standard InChI is InChI=1S/C16H15N5O2/c1-11-4-5-14(23-2)13(8-11)21-15(22)12(9-17)10-20-16-18-6-3-7-19-16/h3-8,10H,1-2H3,(H,21,22)(H,18,19,20)/b12-10-. The van der Waals surface area contributed by atoms with Crippen LogP contribution in [-0.4, -0.2) is 23.0 Å². The lowest BCUT2D eigenvalue weighted by Gasteiger charge is -2.10. The first-order valence-electron chi connectivity index (χ1n) is 6.74. The van der Waals surface area contributed by atoms with Gasteiger partial charge in [0.15, 0.2) is 0 Å². The number of nitrogens with zero attached hydrogens (tertiary/aromatic N) is 3. The van der Waals surface area contributed by atoms with Crippen LogP contribution in [0.4, 0.5) is 11.6 Å². The Kier molecular flexibility index (Phi) is 5.25. The summed E-state index contributed by atoms with van der Waals surface area (Å²) in [6, 6.07) is 8.87. The third kappa shape index (κ3) is 4.28. The summed E-state index contributed by atoms with van der Waals surface area (Å²) in [6.07, 6.45) is 4.35. The van der Waals surface area contributed by atoms with Crippen LogP contribution in [0.1, 0.15) is 5.56 Å². The molecule has 1 amide bonds. The number of amides is 1. The third-order valence-corrected chi connectivity index (χ3v) is 2.88. The maximum absolute atomic E-state index is 12.2. The van der Waals surface area contributed by atoms with E-state index in [-0.39, 0.29) is 5.57 Å². The lowest BCUT2D eigenvalue weighted by atomic mass is 10.2. The zero-order chi connectivity index (χ0) is 16.7. The molecular weight excluding hydrogens is 294 g/mol. The van der Waals surface area contributed by atoms with Crippen molar-refractivity contribution in [1.29, 1.82) is 5.26 Å². The number of carbonyl (C=O) groups is 1. The third-order valence-electron chi connectivity index (χ3n) is 2.88. The molecule has 0 spiro atoms. The maximum Gasteiger partial charge on any atom is 0.267 e. The van der Waals surface area contributed by atoms with Crippen LogP contribution < -0.4 is 15.4 Å². The van der Waals surface area contributed by atoms with E-state index >= 15 is 0 Å². The molecule has 116 valence electrons. The molecule has 0 unspecified atom stereocenters. The molecule has 1 heterocycles. The summed E-state index contributed by atoms with van der Waals surface area (Å²) in [4.78, 5) is 20.1. The number of nitriles is 1. The van der Waals surface area contributed by atoms with Crippen molar-refractivity contribution < 1.29 is 9.53 Å². The van der Waals surface area contributed by atoms with Gasteiger partial charge in [0.1, 0.15) is 17.4 Å². The van der Waals surface area contributed by atoms with Crippen LogP contribution in [0.15, 0.2) is 48.4 Å². The largest absolute Gasteiger partial charge is 0.495 e. The number of aryl methyl sites for hydroxylation is 1. The Bertz CT molecular complexity index is 766. The molecule has 0 aliphatic rings. The van der Waals surface area contributed by atoms with Crippen LogP contribution in [-0.2, 0) is 4.79 Å². The normalized spacial score (nSPS) is 10.6. The van der Waals surface area contributed by atoms with Gasteiger partial charge in [-0.25, -0.2) is 9.97 Å². The topological polar surface area (TPSA) is 99.9 Å². The van der Waals surface area contributed by atoms with Gasteiger partial charge < -0.3 is 15.4 Å². The zero-order valence-electron chi connectivity index (χ0n) is 12.7. The Morgan fingerprint density at radius 3 is 2.74 bits per heavy atom. The first kappa shape index (κ1) is 16.0. The van der Waals surface area contributed by atoms with E-state index in [0.717, 1.165) is 5.56 Å². The van der Waals surface area contributed by atoms with Gasteiger partial charge in [-0.3, -0.25) is 4.79 Å². The highest BCUT2D eigenvalue weighted by Gasteiger charge is 2.12. The molecule has 0 aliphatic heterocycles. The van der Waals surface area contributed by atoms with E-state index in [2.05, 4.69) is 20.6 Å². The number of aromatic nitrogens is 2. The van der Waals surface area contributed by atoms with Gasteiger partial charge in [-0.2, -0.15) is 5.26 Å². The monoisotopic (exact) mass is 309 g/mol. The van der Waals surface area contributed by atoms with Crippen LogP contribution in [0.25, 0.3) is 0 Å². The summed E-state index contributed by atoms with van der Waals surface area (Å²) >= 11 is 0. The molecule has 0 fully saturated rings. The van der Waals surface area contributed by atoms with E-state index in [1.807, 2.05) is 19.1 Å². The molecule has 2 aromatic rings. The first-order valence-corrected chi connectivity index (χ1v) is 6.74. The minimum atomic E-state index is -0.556. The molecule has 7 heteroatoms. The lowest BCUT2D eigenvalue weighted by Crippen LogP contribution is -2.15. The lowest BCUT2D eigenvalue weighted by molar-refractivity contribution is -0.112. The second-order valence-electron chi connectivity index (χ2n) is 4.54. The number of anilines is 2. The number of rotatable bonds is 5. The summed E-state index contributed by atoms with van der Waals surface area (Å²) in [7, 11) is 1.51. The van der Waals surface area contributed by atoms with Crippen molar-refractivity contribution >= 4 is 17.5 Å². The van der Waals surface area contributed by atoms with Crippen molar-refractivity contribution in [3.63, 3.8) is 0 Å². The Morgan fingerprint density at radius 2 is 2.09 bits per heavy atom. The van der Waals surface area contributed by atoms with Gasteiger partial charge in [0.05, 0.1) is 12.8 Å². The number of carbonyl (C=O) groups excluding carboxylic acids is 1. The van der Waals surface area contributed by atoms with Crippen molar-refractivity contribution in [2.24, 2.45) is 0 Å². The Labute approximate surface area is 133 Å². The Morgan fingerprint density at radius 1 is 1.35 bits per heavy atom. The number of hydrogen-bond acceptors (Lipinski definition) is 6. The van der Waals surface area contributed by atoms with Crippen molar-refractivity contribution in [2.75, 3.05) is 17.7 Å². The molecular formula is C16H15N5O2. The van der Waals surface area contributed by atoms with Crippen LogP contribution in [0, 0.1) is 18.3 Å².